The molecule has 0 spiro atoms. The normalized spacial score (nSPS) is 28.0. The lowest BCUT2D eigenvalue weighted by Gasteiger charge is -2.37. The summed E-state index contributed by atoms with van der Waals surface area (Å²) in [4.78, 5) is 0. The first kappa shape index (κ1) is 16.0. The molecule has 1 heteroatoms. The van der Waals surface area contributed by atoms with Crippen molar-refractivity contribution in [1.29, 1.82) is 0 Å². The Labute approximate surface area is 115 Å². The summed E-state index contributed by atoms with van der Waals surface area (Å²) in [6.07, 6.45) is 11.2. The van der Waals surface area contributed by atoms with E-state index in [9.17, 15) is 0 Å². The summed E-state index contributed by atoms with van der Waals surface area (Å²) >= 11 is 0. The Morgan fingerprint density at radius 3 is 2.56 bits per heavy atom. The fourth-order valence-electron chi connectivity index (χ4n) is 3.66. The van der Waals surface area contributed by atoms with Gasteiger partial charge in [-0.1, -0.05) is 53.4 Å². The van der Waals surface area contributed by atoms with Crippen LogP contribution in [-0.4, -0.2) is 12.6 Å². The van der Waals surface area contributed by atoms with Crippen molar-refractivity contribution in [3.05, 3.63) is 0 Å². The second kappa shape index (κ2) is 8.96. The summed E-state index contributed by atoms with van der Waals surface area (Å²) in [7, 11) is 0. The first-order valence-corrected chi connectivity index (χ1v) is 8.42. The molecule has 0 bridgehead atoms. The van der Waals surface area contributed by atoms with Crippen molar-refractivity contribution in [2.24, 2.45) is 17.8 Å². The van der Waals surface area contributed by atoms with Crippen LogP contribution in [0.4, 0.5) is 0 Å². The largest absolute Gasteiger partial charge is 0.313 e. The Morgan fingerprint density at radius 1 is 1.17 bits per heavy atom. The van der Waals surface area contributed by atoms with Crippen molar-refractivity contribution >= 4 is 0 Å². The van der Waals surface area contributed by atoms with Crippen LogP contribution in [-0.2, 0) is 0 Å². The molecule has 1 N–H and O–H groups in total. The van der Waals surface area contributed by atoms with Gasteiger partial charge in [0.1, 0.15) is 0 Å². The minimum absolute atomic E-state index is 0.777. The molecule has 1 aliphatic carbocycles. The van der Waals surface area contributed by atoms with Crippen LogP contribution in [0.25, 0.3) is 0 Å². The van der Waals surface area contributed by atoms with Crippen molar-refractivity contribution in [3.63, 3.8) is 0 Å². The highest BCUT2D eigenvalue weighted by molar-refractivity contribution is 4.84. The average molecular weight is 253 g/mol. The van der Waals surface area contributed by atoms with E-state index in [-0.39, 0.29) is 0 Å². The standard InChI is InChI=1S/C17H35N/c1-5-7-10-15(4)17(18-12-6-2)16-11-8-9-14(3)13-16/h14-18H,5-13H2,1-4H3. The fourth-order valence-corrected chi connectivity index (χ4v) is 3.66. The molecule has 108 valence electrons. The van der Waals surface area contributed by atoms with Gasteiger partial charge < -0.3 is 5.32 Å². The third-order valence-corrected chi connectivity index (χ3v) is 4.74. The van der Waals surface area contributed by atoms with Crippen molar-refractivity contribution in [2.75, 3.05) is 6.54 Å². The molecule has 0 amide bonds. The van der Waals surface area contributed by atoms with Crippen molar-refractivity contribution in [2.45, 2.75) is 85.1 Å². The van der Waals surface area contributed by atoms with E-state index in [0.717, 1.165) is 23.8 Å². The molecule has 1 saturated carbocycles. The van der Waals surface area contributed by atoms with Gasteiger partial charge in [-0.05, 0) is 50.0 Å². The highest BCUT2D eigenvalue weighted by Crippen LogP contribution is 2.34. The molecule has 4 unspecified atom stereocenters. The van der Waals surface area contributed by atoms with E-state index in [2.05, 4.69) is 33.0 Å². The Kier molecular flexibility index (Phi) is 7.97. The van der Waals surface area contributed by atoms with Crippen LogP contribution in [0, 0.1) is 17.8 Å². The SMILES string of the molecule is CCCCC(C)C(NCCC)C1CCCC(C)C1. The first-order valence-electron chi connectivity index (χ1n) is 8.42. The minimum atomic E-state index is 0.777. The van der Waals surface area contributed by atoms with E-state index in [1.165, 1.54) is 57.9 Å². The first-order chi connectivity index (χ1) is 8.69. The molecule has 18 heavy (non-hydrogen) atoms. The Hall–Kier alpha value is -0.0400. The van der Waals surface area contributed by atoms with Crippen LogP contribution in [0.5, 0.6) is 0 Å². The molecule has 1 nitrogen and oxygen atoms in total. The monoisotopic (exact) mass is 253 g/mol. The van der Waals surface area contributed by atoms with Crippen molar-refractivity contribution in [3.8, 4) is 0 Å². The zero-order valence-electron chi connectivity index (χ0n) is 13.2. The number of hydrogen-bond donors (Lipinski definition) is 1. The van der Waals surface area contributed by atoms with E-state index >= 15 is 0 Å². The van der Waals surface area contributed by atoms with Gasteiger partial charge in [0.2, 0.25) is 0 Å². The quantitative estimate of drug-likeness (QED) is 0.641. The van der Waals surface area contributed by atoms with Crippen LogP contribution in [0.15, 0.2) is 0 Å². The molecule has 1 aliphatic rings. The predicted molar refractivity (Wildman–Crippen MR) is 81.9 cm³/mol. The molecule has 1 rings (SSSR count). The number of nitrogens with one attached hydrogen (secondary N) is 1. The fraction of sp³-hybridized carbons (Fsp3) is 1.00. The van der Waals surface area contributed by atoms with Crippen LogP contribution in [0.1, 0.15) is 79.1 Å². The maximum Gasteiger partial charge on any atom is 0.0121 e. The summed E-state index contributed by atoms with van der Waals surface area (Å²) in [5.74, 6) is 2.74. The Bertz CT molecular complexity index is 202. The lowest BCUT2D eigenvalue weighted by Crippen LogP contribution is -2.43. The molecule has 0 aromatic rings. The predicted octanol–water partition coefficient (Wildman–Crippen LogP) is 5.01. The molecule has 0 radical (unpaired) electrons. The molecular formula is C17H35N. The van der Waals surface area contributed by atoms with Crippen LogP contribution >= 0.6 is 0 Å². The van der Waals surface area contributed by atoms with Crippen LogP contribution in [0.2, 0.25) is 0 Å². The van der Waals surface area contributed by atoms with E-state index in [0.29, 0.717) is 0 Å². The second-order valence-corrected chi connectivity index (χ2v) is 6.63. The van der Waals surface area contributed by atoms with Crippen LogP contribution in [0.3, 0.4) is 0 Å². The number of unbranched alkanes of at least 4 members (excludes halogenated alkanes) is 1. The molecule has 0 aromatic heterocycles. The lowest BCUT2D eigenvalue weighted by molar-refractivity contribution is 0.177. The summed E-state index contributed by atoms with van der Waals surface area (Å²) in [5.41, 5.74) is 0. The molecule has 0 aliphatic heterocycles. The smallest absolute Gasteiger partial charge is 0.0121 e. The molecule has 0 aromatic carbocycles. The lowest BCUT2D eigenvalue weighted by atomic mass is 9.74. The summed E-state index contributed by atoms with van der Waals surface area (Å²) < 4.78 is 0. The zero-order valence-corrected chi connectivity index (χ0v) is 13.2. The third kappa shape index (κ3) is 5.30. The van der Waals surface area contributed by atoms with Gasteiger partial charge >= 0.3 is 0 Å². The Balaban J connectivity index is 2.52. The average Bonchev–Trinajstić information content (AvgIpc) is 2.37. The van der Waals surface area contributed by atoms with Crippen molar-refractivity contribution < 1.29 is 0 Å². The molecule has 4 atom stereocenters. The van der Waals surface area contributed by atoms with E-state index in [1.807, 2.05) is 0 Å². The maximum atomic E-state index is 3.87. The summed E-state index contributed by atoms with van der Waals surface area (Å²) in [6.45, 7) is 10.7. The maximum absolute atomic E-state index is 3.87. The third-order valence-electron chi connectivity index (χ3n) is 4.74. The van der Waals surface area contributed by atoms with Gasteiger partial charge in [-0.3, -0.25) is 0 Å². The van der Waals surface area contributed by atoms with Crippen LogP contribution < -0.4 is 5.32 Å². The zero-order chi connectivity index (χ0) is 13.4. The summed E-state index contributed by atoms with van der Waals surface area (Å²) in [6, 6.07) is 0.777. The number of rotatable bonds is 8. The van der Waals surface area contributed by atoms with Gasteiger partial charge in [0, 0.05) is 6.04 Å². The summed E-state index contributed by atoms with van der Waals surface area (Å²) in [5, 5.41) is 3.87. The van der Waals surface area contributed by atoms with E-state index < -0.39 is 0 Å². The highest BCUT2D eigenvalue weighted by Gasteiger charge is 2.29. The molecular weight excluding hydrogens is 218 g/mol. The molecule has 0 saturated heterocycles. The van der Waals surface area contributed by atoms with Gasteiger partial charge in [0.25, 0.3) is 0 Å². The van der Waals surface area contributed by atoms with Gasteiger partial charge in [-0.25, -0.2) is 0 Å². The Morgan fingerprint density at radius 2 is 1.94 bits per heavy atom. The van der Waals surface area contributed by atoms with E-state index in [1.54, 1.807) is 0 Å². The van der Waals surface area contributed by atoms with E-state index in [4.69, 9.17) is 0 Å². The van der Waals surface area contributed by atoms with Gasteiger partial charge in [-0.15, -0.1) is 0 Å². The minimum Gasteiger partial charge on any atom is -0.313 e. The van der Waals surface area contributed by atoms with Gasteiger partial charge in [0.05, 0.1) is 0 Å². The second-order valence-electron chi connectivity index (χ2n) is 6.63. The van der Waals surface area contributed by atoms with Gasteiger partial charge in [0.15, 0.2) is 0 Å². The topological polar surface area (TPSA) is 12.0 Å². The molecule has 1 fully saturated rings. The van der Waals surface area contributed by atoms with Crippen molar-refractivity contribution in [1.82, 2.24) is 5.32 Å². The molecule has 0 heterocycles. The number of hydrogen-bond acceptors (Lipinski definition) is 1. The van der Waals surface area contributed by atoms with Gasteiger partial charge in [-0.2, -0.15) is 0 Å². The highest BCUT2D eigenvalue weighted by atomic mass is 14.9.